The molecule has 0 aromatic heterocycles. The number of hydrogen-bond donors (Lipinski definition) is 0. The summed E-state index contributed by atoms with van der Waals surface area (Å²) in [5.74, 6) is -0.207. The summed E-state index contributed by atoms with van der Waals surface area (Å²) < 4.78 is 14.6. The van der Waals surface area contributed by atoms with Gasteiger partial charge >= 0.3 is 0 Å². The molecule has 0 radical (unpaired) electrons. The van der Waals surface area contributed by atoms with Gasteiger partial charge in [-0.3, -0.25) is 0 Å². The van der Waals surface area contributed by atoms with Crippen LogP contribution in [0.15, 0.2) is 46.9 Å². The van der Waals surface area contributed by atoms with Gasteiger partial charge in [0.25, 0.3) is 0 Å². The van der Waals surface area contributed by atoms with Gasteiger partial charge in [-0.2, -0.15) is 0 Å². The van der Waals surface area contributed by atoms with Crippen molar-refractivity contribution in [2.45, 2.75) is 11.8 Å². The number of halogens is 3. The third-order valence-electron chi connectivity index (χ3n) is 2.61. The summed E-state index contributed by atoms with van der Waals surface area (Å²) in [7, 11) is 0. The fraction of sp³-hybridized carbons (Fsp3) is 0.143. The monoisotopic (exact) mass is 356 g/mol. The Morgan fingerprint density at radius 2 is 1.71 bits per heavy atom. The molecule has 0 bridgehead atoms. The van der Waals surface area contributed by atoms with Crippen molar-refractivity contribution in [1.29, 1.82) is 0 Å². The molecule has 0 aliphatic carbocycles. The maximum Gasteiger partial charge on any atom is 0.129 e. The van der Waals surface area contributed by atoms with E-state index in [0.29, 0.717) is 5.56 Å². The Morgan fingerprint density at radius 1 is 1.06 bits per heavy atom. The van der Waals surface area contributed by atoms with Gasteiger partial charge < -0.3 is 0 Å². The second kappa shape index (κ2) is 5.32. The third kappa shape index (κ3) is 2.96. The highest BCUT2D eigenvalue weighted by Gasteiger charge is 2.14. The van der Waals surface area contributed by atoms with Gasteiger partial charge in [-0.15, -0.1) is 0 Å². The fourth-order valence-corrected chi connectivity index (χ4v) is 2.63. The van der Waals surface area contributed by atoms with Gasteiger partial charge in [-0.25, -0.2) is 4.39 Å². The van der Waals surface area contributed by atoms with Gasteiger partial charge in [-0.1, -0.05) is 67.8 Å². The molecule has 0 nitrogen and oxygen atoms in total. The first kappa shape index (κ1) is 12.8. The van der Waals surface area contributed by atoms with E-state index in [4.69, 9.17) is 0 Å². The molecule has 0 amide bonds. The minimum atomic E-state index is -0.207. The second-order valence-corrected chi connectivity index (χ2v) is 5.77. The average molecular weight is 358 g/mol. The number of hydrogen-bond acceptors (Lipinski definition) is 0. The van der Waals surface area contributed by atoms with Gasteiger partial charge in [0.2, 0.25) is 0 Å². The highest BCUT2D eigenvalue weighted by atomic mass is 79.9. The number of benzene rings is 2. The molecule has 1 atom stereocenters. The zero-order valence-electron chi connectivity index (χ0n) is 9.25. The van der Waals surface area contributed by atoms with E-state index in [9.17, 15) is 4.39 Å². The maximum atomic E-state index is 13.8. The molecule has 2 aromatic carbocycles. The highest BCUT2D eigenvalue weighted by molar-refractivity contribution is 9.10. The Labute approximate surface area is 117 Å². The summed E-state index contributed by atoms with van der Waals surface area (Å²) in [4.78, 5) is -0.115. The summed E-state index contributed by atoms with van der Waals surface area (Å²) in [6, 6.07) is 13.2. The molecule has 2 rings (SSSR count). The molecule has 3 heteroatoms. The third-order valence-corrected chi connectivity index (χ3v) is 4.12. The minimum Gasteiger partial charge on any atom is -0.207 e. The summed E-state index contributed by atoms with van der Waals surface area (Å²) in [5.41, 5.74) is 2.90. The molecule has 2 aromatic rings. The van der Waals surface area contributed by atoms with Crippen LogP contribution >= 0.6 is 31.9 Å². The molecular weight excluding hydrogens is 347 g/mol. The largest absolute Gasteiger partial charge is 0.207 e. The maximum absolute atomic E-state index is 13.8. The van der Waals surface area contributed by atoms with Gasteiger partial charge in [0.15, 0.2) is 0 Å². The molecule has 0 saturated carbocycles. The lowest BCUT2D eigenvalue weighted by atomic mass is 10.0. The Bertz CT molecular complexity index is 520. The molecule has 0 saturated heterocycles. The molecule has 0 aliphatic rings. The van der Waals surface area contributed by atoms with Crippen LogP contribution in [0.5, 0.6) is 0 Å². The predicted octanol–water partition coefficient (Wildman–Crippen LogP) is 5.38. The first-order valence-corrected chi connectivity index (χ1v) is 6.94. The Hall–Kier alpha value is -0.670. The molecule has 88 valence electrons. The number of aryl methyl sites for hydroxylation is 1. The molecule has 0 aliphatic heterocycles. The van der Waals surface area contributed by atoms with Gasteiger partial charge in [0, 0.05) is 10.0 Å². The van der Waals surface area contributed by atoms with Crippen LogP contribution in [0.25, 0.3) is 0 Å². The quantitative estimate of drug-likeness (QED) is 0.633. The smallest absolute Gasteiger partial charge is 0.129 e. The molecule has 0 spiro atoms. The van der Waals surface area contributed by atoms with E-state index in [1.54, 1.807) is 6.07 Å². The van der Waals surface area contributed by atoms with E-state index >= 15 is 0 Å². The zero-order chi connectivity index (χ0) is 12.4. The average Bonchev–Trinajstić information content (AvgIpc) is 2.29. The normalized spacial score (nSPS) is 12.5. The van der Waals surface area contributed by atoms with Crippen LogP contribution in [0.3, 0.4) is 0 Å². The molecule has 0 fully saturated rings. The zero-order valence-corrected chi connectivity index (χ0v) is 12.4. The minimum absolute atomic E-state index is 0.115. The second-order valence-electron chi connectivity index (χ2n) is 3.94. The van der Waals surface area contributed by atoms with Crippen molar-refractivity contribution in [2.24, 2.45) is 0 Å². The number of alkyl halides is 1. The van der Waals surface area contributed by atoms with Crippen molar-refractivity contribution in [1.82, 2.24) is 0 Å². The van der Waals surface area contributed by atoms with Gasteiger partial charge in [0.1, 0.15) is 5.82 Å². The van der Waals surface area contributed by atoms with E-state index in [1.807, 2.05) is 37.3 Å². The van der Waals surface area contributed by atoms with Crippen LogP contribution in [0.2, 0.25) is 0 Å². The van der Waals surface area contributed by atoms with Crippen LogP contribution in [-0.2, 0) is 0 Å². The SMILES string of the molecule is Cc1ccc(C(Br)c2ccc(Br)cc2F)cc1. The number of rotatable bonds is 2. The first-order valence-electron chi connectivity index (χ1n) is 5.23. The van der Waals surface area contributed by atoms with Gasteiger partial charge in [0.05, 0.1) is 4.83 Å². The van der Waals surface area contributed by atoms with Crippen LogP contribution in [-0.4, -0.2) is 0 Å². The predicted molar refractivity (Wildman–Crippen MR) is 76.0 cm³/mol. The topological polar surface area (TPSA) is 0 Å². The lowest BCUT2D eigenvalue weighted by Gasteiger charge is -2.12. The van der Waals surface area contributed by atoms with E-state index < -0.39 is 0 Å². The van der Waals surface area contributed by atoms with Crippen molar-refractivity contribution in [3.63, 3.8) is 0 Å². The summed E-state index contributed by atoms with van der Waals surface area (Å²) >= 11 is 6.79. The summed E-state index contributed by atoms with van der Waals surface area (Å²) in [5, 5.41) is 0. The molecule has 17 heavy (non-hydrogen) atoms. The van der Waals surface area contributed by atoms with Gasteiger partial charge in [-0.05, 0) is 24.6 Å². The van der Waals surface area contributed by atoms with E-state index in [0.717, 1.165) is 10.0 Å². The van der Waals surface area contributed by atoms with Crippen molar-refractivity contribution in [2.75, 3.05) is 0 Å². The van der Waals surface area contributed by atoms with Crippen molar-refractivity contribution in [3.8, 4) is 0 Å². The van der Waals surface area contributed by atoms with Crippen LogP contribution in [0, 0.1) is 12.7 Å². The van der Waals surface area contributed by atoms with Crippen molar-refractivity contribution in [3.05, 3.63) is 69.4 Å². The Morgan fingerprint density at radius 3 is 2.29 bits per heavy atom. The van der Waals surface area contributed by atoms with Crippen LogP contribution in [0.1, 0.15) is 21.5 Å². The van der Waals surface area contributed by atoms with Crippen molar-refractivity contribution >= 4 is 31.9 Å². The fourth-order valence-electron chi connectivity index (χ4n) is 1.62. The highest BCUT2D eigenvalue weighted by Crippen LogP contribution is 2.33. The van der Waals surface area contributed by atoms with E-state index in [-0.39, 0.29) is 10.6 Å². The molecule has 0 N–H and O–H groups in total. The molecule has 1 unspecified atom stereocenters. The van der Waals surface area contributed by atoms with Crippen molar-refractivity contribution < 1.29 is 4.39 Å². The first-order chi connectivity index (χ1) is 8.08. The summed E-state index contributed by atoms with van der Waals surface area (Å²) in [6.07, 6.45) is 0. The van der Waals surface area contributed by atoms with Crippen LogP contribution in [0.4, 0.5) is 4.39 Å². The Balaban J connectivity index is 2.36. The standard InChI is InChI=1S/C14H11Br2F/c1-9-2-4-10(5-3-9)14(16)12-7-6-11(15)8-13(12)17/h2-8,14H,1H3. The molecule has 0 heterocycles. The Kier molecular flexibility index (Phi) is 4.00. The lowest BCUT2D eigenvalue weighted by Crippen LogP contribution is -1.96. The van der Waals surface area contributed by atoms with E-state index in [1.165, 1.54) is 11.6 Å². The van der Waals surface area contributed by atoms with Crippen LogP contribution < -0.4 is 0 Å². The lowest BCUT2D eigenvalue weighted by molar-refractivity contribution is 0.612. The van der Waals surface area contributed by atoms with E-state index in [2.05, 4.69) is 31.9 Å². The molecular formula is C14H11Br2F. The summed E-state index contributed by atoms with van der Waals surface area (Å²) in [6.45, 7) is 2.03.